The topological polar surface area (TPSA) is 41.6 Å². The van der Waals surface area contributed by atoms with E-state index in [1.807, 2.05) is 23.6 Å². The van der Waals surface area contributed by atoms with E-state index in [-0.39, 0.29) is 5.91 Å². The molecule has 5 heteroatoms. The van der Waals surface area contributed by atoms with E-state index in [0.29, 0.717) is 6.54 Å². The van der Waals surface area contributed by atoms with Crippen molar-refractivity contribution in [1.82, 2.24) is 10.2 Å². The van der Waals surface area contributed by atoms with Crippen LogP contribution in [0.15, 0.2) is 41.8 Å². The number of hydrogen-bond acceptors (Lipinski definition) is 4. The Hall–Kier alpha value is -1.69. The largest absolute Gasteiger partial charge is 0.379 e. The quantitative estimate of drug-likeness (QED) is 0.921. The summed E-state index contributed by atoms with van der Waals surface area (Å²) in [5, 5.41) is 4.93. The molecule has 0 atom stereocenters. The van der Waals surface area contributed by atoms with Gasteiger partial charge >= 0.3 is 0 Å². The maximum Gasteiger partial charge on any atom is 0.261 e. The molecule has 0 bridgehead atoms. The van der Waals surface area contributed by atoms with E-state index >= 15 is 0 Å². The molecule has 1 amide bonds. The van der Waals surface area contributed by atoms with Crippen molar-refractivity contribution in [3.05, 3.63) is 57.8 Å². The summed E-state index contributed by atoms with van der Waals surface area (Å²) in [7, 11) is 0. The Balaban J connectivity index is 1.62. The number of morpholine rings is 1. The van der Waals surface area contributed by atoms with Gasteiger partial charge in [0.2, 0.25) is 0 Å². The lowest BCUT2D eigenvalue weighted by Crippen LogP contribution is -2.36. The highest BCUT2D eigenvalue weighted by Crippen LogP contribution is 2.14. The zero-order chi connectivity index (χ0) is 15.2. The summed E-state index contributed by atoms with van der Waals surface area (Å²) < 4.78 is 5.39. The summed E-state index contributed by atoms with van der Waals surface area (Å²) in [4.78, 5) is 15.2. The lowest BCUT2D eigenvalue weighted by atomic mass is 10.1. The van der Waals surface area contributed by atoms with E-state index in [9.17, 15) is 4.79 Å². The highest BCUT2D eigenvalue weighted by molar-refractivity contribution is 7.12. The van der Waals surface area contributed by atoms with Gasteiger partial charge in [0, 0.05) is 26.2 Å². The van der Waals surface area contributed by atoms with Crippen LogP contribution in [0.4, 0.5) is 0 Å². The predicted octanol–water partition coefficient (Wildman–Crippen LogP) is 2.51. The van der Waals surface area contributed by atoms with Crippen LogP contribution in [0.25, 0.3) is 0 Å². The van der Waals surface area contributed by atoms with Gasteiger partial charge < -0.3 is 10.1 Å². The maximum absolute atomic E-state index is 12.1. The number of nitrogens with one attached hydrogen (secondary N) is 1. The highest BCUT2D eigenvalue weighted by Gasteiger charge is 2.13. The molecule has 3 rings (SSSR count). The van der Waals surface area contributed by atoms with Crippen LogP contribution in [0.3, 0.4) is 0 Å². The van der Waals surface area contributed by atoms with Crippen molar-refractivity contribution in [3.63, 3.8) is 0 Å². The monoisotopic (exact) mass is 316 g/mol. The Morgan fingerprint density at radius 1 is 1.14 bits per heavy atom. The van der Waals surface area contributed by atoms with Crippen molar-refractivity contribution in [2.45, 2.75) is 13.1 Å². The van der Waals surface area contributed by atoms with Crippen LogP contribution in [0, 0.1) is 0 Å². The Labute approximate surface area is 134 Å². The van der Waals surface area contributed by atoms with E-state index in [2.05, 4.69) is 28.4 Å². The number of nitrogens with zero attached hydrogens (tertiary/aromatic N) is 1. The molecular formula is C17H20N2O2S. The Bertz CT molecular complexity index is 607. The first-order valence-electron chi connectivity index (χ1n) is 7.51. The number of carbonyl (C=O) groups is 1. The van der Waals surface area contributed by atoms with Crippen LogP contribution < -0.4 is 5.32 Å². The molecule has 0 spiro atoms. The van der Waals surface area contributed by atoms with Crippen LogP contribution >= 0.6 is 11.3 Å². The number of rotatable bonds is 5. The fourth-order valence-corrected chi connectivity index (χ4v) is 3.19. The summed E-state index contributed by atoms with van der Waals surface area (Å²) in [6.45, 7) is 5.02. The summed E-state index contributed by atoms with van der Waals surface area (Å²) in [6.07, 6.45) is 0. The zero-order valence-corrected chi connectivity index (χ0v) is 13.3. The highest BCUT2D eigenvalue weighted by atomic mass is 32.1. The fourth-order valence-electron chi connectivity index (χ4n) is 2.55. The maximum atomic E-state index is 12.1. The first-order valence-corrected chi connectivity index (χ1v) is 8.39. The van der Waals surface area contributed by atoms with E-state index in [1.165, 1.54) is 22.5 Å². The van der Waals surface area contributed by atoms with Crippen LogP contribution in [0.5, 0.6) is 0 Å². The van der Waals surface area contributed by atoms with Crippen molar-refractivity contribution in [1.29, 1.82) is 0 Å². The molecule has 116 valence electrons. The van der Waals surface area contributed by atoms with Gasteiger partial charge in [-0.15, -0.1) is 11.3 Å². The third-order valence-electron chi connectivity index (χ3n) is 3.80. The average Bonchev–Trinajstić information content (AvgIpc) is 3.09. The Kier molecular flexibility index (Phi) is 5.21. The van der Waals surface area contributed by atoms with Gasteiger partial charge in [0.1, 0.15) is 0 Å². The number of carbonyl (C=O) groups excluding carboxylic acids is 1. The molecule has 0 radical (unpaired) electrons. The summed E-state index contributed by atoms with van der Waals surface area (Å²) in [5.74, 6) is -0.00354. The molecular weight excluding hydrogens is 296 g/mol. The molecule has 4 nitrogen and oxygen atoms in total. The molecule has 1 aliphatic rings. The number of hydrogen-bond donors (Lipinski definition) is 1. The average molecular weight is 316 g/mol. The molecule has 1 aromatic carbocycles. The van der Waals surface area contributed by atoms with E-state index in [0.717, 1.165) is 37.7 Å². The second-order valence-electron chi connectivity index (χ2n) is 5.32. The first-order chi connectivity index (χ1) is 10.8. The third-order valence-corrected chi connectivity index (χ3v) is 4.67. The second kappa shape index (κ2) is 7.54. The third kappa shape index (κ3) is 3.94. The zero-order valence-electron chi connectivity index (χ0n) is 12.5. The second-order valence-corrected chi connectivity index (χ2v) is 6.26. The van der Waals surface area contributed by atoms with Gasteiger partial charge in [-0.3, -0.25) is 9.69 Å². The Morgan fingerprint density at radius 2 is 1.91 bits per heavy atom. The first kappa shape index (κ1) is 15.2. The van der Waals surface area contributed by atoms with Crippen LogP contribution in [-0.2, 0) is 17.8 Å². The van der Waals surface area contributed by atoms with E-state index in [4.69, 9.17) is 4.74 Å². The van der Waals surface area contributed by atoms with Crippen molar-refractivity contribution in [2.24, 2.45) is 0 Å². The molecule has 1 aromatic heterocycles. The fraction of sp³-hybridized carbons (Fsp3) is 0.353. The van der Waals surface area contributed by atoms with Gasteiger partial charge in [0.05, 0.1) is 18.1 Å². The van der Waals surface area contributed by atoms with Gasteiger partial charge in [-0.05, 0) is 22.6 Å². The standard InChI is InChI=1S/C17H20N2O2S/c20-17(16-6-3-11-22-16)18-12-14-4-1-2-5-15(14)13-19-7-9-21-10-8-19/h1-6,11H,7-10,12-13H2,(H,18,20). The molecule has 2 aromatic rings. The number of thiophene rings is 1. The molecule has 2 heterocycles. The van der Waals surface area contributed by atoms with Crippen molar-refractivity contribution < 1.29 is 9.53 Å². The molecule has 1 N–H and O–H groups in total. The van der Waals surface area contributed by atoms with Gasteiger partial charge in [0.15, 0.2) is 0 Å². The SMILES string of the molecule is O=C(NCc1ccccc1CN1CCOCC1)c1cccs1. The van der Waals surface area contributed by atoms with E-state index < -0.39 is 0 Å². The summed E-state index contributed by atoms with van der Waals surface area (Å²) in [6, 6.07) is 12.0. The van der Waals surface area contributed by atoms with Crippen molar-refractivity contribution >= 4 is 17.2 Å². The van der Waals surface area contributed by atoms with Gasteiger partial charge in [0.25, 0.3) is 5.91 Å². The van der Waals surface area contributed by atoms with E-state index in [1.54, 1.807) is 0 Å². The Morgan fingerprint density at radius 3 is 2.64 bits per heavy atom. The minimum Gasteiger partial charge on any atom is -0.379 e. The number of amides is 1. The van der Waals surface area contributed by atoms with Gasteiger partial charge in [-0.2, -0.15) is 0 Å². The number of benzene rings is 1. The minimum absolute atomic E-state index is 0.00354. The van der Waals surface area contributed by atoms with Crippen LogP contribution in [0.2, 0.25) is 0 Å². The lowest BCUT2D eigenvalue weighted by molar-refractivity contribution is 0.0340. The summed E-state index contributed by atoms with van der Waals surface area (Å²) in [5.41, 5.74) is 2.45. The lowest BCUT2D eigenvalue weighted by Gasteiger charge is -2.27. The minimum atomic E-state index is -0.00354. The van der Waals surface area contributed by atoms with Gasteiger partial charge in [-0.25, -0.2) is 0 Å². The van der Waals surface area contributed by atoms with Gasteiger partial charge in [-0.1, -0.05) is 30.3 Å². The van der Waals surface area contributed by atoms with Crippen molar-refractivity contribution in [2.75, 3.05) is 26.3 Å². The molecule has 22 heavy (non-hydrogen) atoms. The normalized spacial score (nSPS) is 15.6. The van der Waals surface area contributed by atoms with Crippen LogP contribution in [-0.4, -0.2) is 37.1 Å². The summed E-state index contributed by atoms with van der Waals surface area (Å²) >= 11 is 1.46. The smallest absolute Gasteiger partial charge is 0.261 e. The molecule has 0 aliphatic carbocycles. The number of ether oxygens (including phenoxy) is 1. The predicted molar refractivity (Wildman–Crippen MR) is 88.0 cm³/mol. The van der Waals surface area contributed by atoms with Crippen molar-refractivity contribution in [3.8, 4) is 0 Å². The molecule has 0 saturated carbocycles. The molecule has 1 aliphatic heterocycles. The van der Waals surface area contributed by atoms with Crippen LogP contribution in [0.1, 0.15) is 20.8 Å². The molecule has 1 fully saturated rings. The molecule has 1 saturated heterocycles. The molecule has 0 unspecified atom stereocenters.